The summed E-state index contributed by atoms with van der Waals surface area (Å²) >= 11 is 6.84. The van der Waals surface area contributed by atoms with Gasteiger partial charge in [0.2, 0.25) is 0 Å². The molecule has 3 saturated carbocycles. The highest BCUT2D eigenvalue weighted by atomic mass is 79.9. The van der Waals surface area contributed by atoms with Gasteiger partial charge in [-0.3, -0.25) is 0 Å². The molecule has 3 fully saturated rings. The van der Waals surface area contributed by atoms with Crippen molar-refractivity contribution < 1.29 is 10.2 Å². The van der Waals surface area contributed by atoms with Crippen molar-refractivity contribution in [3.63, 3.8) is 0 Å². The van der Waals surface area contributed by atoms with Crippen LogP contribution in [0.25, 0.3) is 0 Å². The number of halogens is 2. The van der Waals surface area contributed by atoms with Gasteiger partial charge in [-0.25, -0.2) is 0 Å². The second-order valence-electron chi connectivity index (χ2n) is 9.36. The van der Waals surface area contributed by atoms with Crippen LogP contribution in [0.2, 0.25) is 0 Å². The summed E-state index contributed by atoms with van der Waals surface area (Å²) in [5.74, 6) is 1.90. The lowest BCUT2D eigenvalue weighted by molar-refractivity contribution is 0.0862. The van der Waals surface area contributed by atoms with Crippen LogP contribution >= 0.6 is 31.9 Å². The molecule has 0 saturated heterocycles. The molecule has 0 aliphatic heterocycles. The molecule has 3 aliphatic rings. The first-order valence-electron chi connectivity index (χ1n) is 10.9. The highest BCUT2D eigenvalue weighted by Crippen LogP contribution is 2.59. The lowest BCUT2D eigenvalue weighted by Crippen LogP contribution is -2.35. The number of allylic oxidation sites excluding steroid dienone is 6. The van der Waals surface area contributed by atoms with Gasteiger partial charge in [0, 0.05) is 6.42 Å². The molecule has 3 aliphatic carbocycles. The third-order valence-electron chi connectivity index (χ3n) is 7.57. The van der Waals surface area contributed by atoms with Gasteiger partial charge in [-0.05, 0) is 111 Å². The Morgan fingerprint density at radius 3 is 2.72 bits per heavy atom. The predicted molar refractivity (Wildman–Crippen MR) is 129 cm³/mol. The molecule has 2 N–H and O–H groups in total. The Morgan fingerprint density at radius 2 is 2.00 bits per heavy atom. The van der Waals surface area contributed by atoms with Gasteiger partial charge in [-0.2, -0.15) is 0 Å². The van der Waals surface area contributed by atoms with E-state index in [-0.39, 0.29) is 0 Å². The molecular formula is C25H34Br2O2. The van der Waals surface area contributed by atoms with E-state index in [1.807, 2.05) is 6.08 Å². The molecule has 29 heavy (non-hydrogen) atoms. The molecule has 0 aromatic carbocycles. The zero-order valence-corrected chi connectivity index (χ0v) is 20.8. The normalized spacial score (nSPS) is 39.2. The summed E-state index contributed by atoms with van der Waals surface area (Å²) in [5.41, 5.74) is 3.69. The fraction of sp³-hybridized carbons (Fsp3) is 0.600. The van der Waals surface area contributed by atoms with Crippen LogP contribution in [-0.4, -0.2) is 22.4 Å². The van der Waals surface area contributed by atoms with Crippen molar-refractivity contribution in [2.45, 2.75) is 71.0 Å². The molecule has 3 rings (SSSR count). The largest absolute Gasteiger partial charge is 0.393 e. The minimum atomic E-state index is -0.614. The Morgan fingerprint density at radius 1 is 1.24 bits per heavy atom. The van der Waals surface area contributed by atoms with Crippen LogP contribution in [0.15, 0.2) is 57.1 Å². The van der Waals surface area contributed by atoms with E-state index in [0.29, 0.717) is 36.0 Å². The second-order valence-corrected chi connectivity index (χ2v) is 12.1. The first-order valence-corrected chi connectivity index (χ1v) is 12.5. The van der Waals surface area contributed by atoms with E-state index in [4.69, 9.17) is 0 Å². The molecule has 0 amide bonds. The molecule has 4 heteroatoms. The van der Waals surface area contributed by atoms with Crippen LogP contribution in [0.3, 0.4) is 0 Å². The van der Waals surface area contributed by atoms with Gasteiger partial charge in [-0.15, -0.1) is 0 Å². The van der Waals surface area contributed by atoms with Crippen LogP contribution in [-0.2, 0) is 0 Å². The molecule has 0 aromatic rings. The third-order valence-corrected chi connectivity index (χ3v) is 8.10. The zero-order chi connectivity index (χ0) is 21.2. The summed E-state index contributed by atoms with van der Waals surface area (Å²) in [6, 6.07) is 0. The minimum Gasteiger partial charge on any atom is -0.393 e. The van der Waals surface area contributed by atoms with Crippen LogP contribution < -0.4 is 0 Å². The van der Waals surface area contributed by atoms with Gasteiger partial charge >= 0.3 is 0 Å². The molecule has 0 heterocycles. The van der Waals surface area contributed by atoms with Crippen LogP contribution in [0.5, 0.6) is 0 Å². The smallest absolute Gasteiger partial charge is 0.0811 e. The van der Waals surface area contributed by atoms with Crippen molar-refractivity contribution in [1.82, 2.24) is 0 Å². The van der Waals surface area contributed by atoms with Gasteiger partial charge in [-0.1, -0.05) is 50.3 Å². The molecular weight excluding hydrogens is 492 g/mol. The molecule has 2 nitrogen and oxygen atoms in total. The summed E-state index contributed by atoms with van der Waals surface area (Å²) in [5, 5.41) is 20.1. The number of fused-ring (bicyclic) bond motifs is 1. The van der Waals surface area contributed by atoms with Gasteiger partial charge in [0.15, 0.2) is 0 Å². The Hall–Kier alpha value is -0.420. The van der Waals surface area contributed by atoms with E-state index in [0.717, 1.165) is 21.0 Å². The highest BCUT2D eigenvalue weighted by Gasteiger charge is 2.50. The first kappa shape index (κ1) is 23.2. The van der Waals surface area contributed by atoms with Crippen LogP contribution in [0.4, 0.5) is 0 Å². The van der Waals surface area contributed by atoms with Gasteiger partial charge in [0.05, 0.1) is 15.6 Å². The second kappa shape index (κ2) is 9.80. The Balaban J connectivity index is 1.78. The fourth-order valence-electron chi connectivity index (χ4n) is 6.05. The quantitative estimate of drug-likeness (QED) is 0.390. The maximum absolute atomic E-state index is 10.1. The molecule has 0 unspecified atom stereocenters. The average molecular weight is 526 g/mol. The maximum Gasteiger partial charge on any atom is 0.0811 e. The van der Waals surface area contributed by atoms with Crippen molar-refractivity contribution in [1.29, 1.82) is 0 Å². The summed E-state index contributed by atoms with van der Waals surface area (Å²) in [6.45, 7) is 8.92. The van der Waals surface area contributed by atoms with E-state index in [9.17, 15) is 10.2 Å². The van der Waals surface area contributed by atoms with Crippen molar-refractivity contribution in [2.75, 3.05) is 0 Å². The van der Waals surface area contributed by atoms with Crippen molar-refractivity contribution >= 4 is 31.9 Å². The molecule has 160 valence electrons. The number of aliphatic hydroxyl groups is 2. The zero-order valence-electron chi connectivity index (χ0n) is 17.6. The topological polar surface area (TPSA) is 40.5 Å². The standard InChI is InChI=1S/C25H34Br2O2/c1-16(6-4-8-24(26)27)21-11-12-22-18(7-5-13-25(21,22)3)9-10-19-14-20(28)15-23(29)17(19)2/h4,6,8-10,16,20-23,28-29H,2,5,7,11-15H2,1,3H3/b6-4+,18-9+,19-10-/t16-,20+,21+,22-,23-,25+/m0/s1. The lowest BCUT2D eigenvalue weighted by Gasteiger charge is -2.44. The minimum absolute atomic E-state index is 0.351. The monoisotopic (exact) mass is 524 g/mol. The molecule has 6 atom stereocenters. The number of hydrogen-bond acceptors (Lipinski definition) is 2. The van der Waals surface area contributed by atoms with Crippen molar-refractivity contribution in [3.8, 4) is 0 Å². The molecule has 0 aromatic heterocycles. The van der Waals surface area contributed by atoms with Gasteiger partial charge in [0.25, 0.3) is 0 Å². The summed E-state index contributed by atoms with van der Waals surface area (Å²) in [6.07, 6.45) is 17.1. The fourth-order valence-corrected chi connectivity index (χ4v) is 6.35. The van der Waals surface area contributed by atoms with Gasteiger partial charge < -0.3 is 10.2 Å². The summed E-state index contributed by atoms with van der Waals surface area (Å²) in [4.78, 5) is 0. The average Bonchev–Trinajstić information content (AvgIpc) is 3.00. The maximum atomic E-state index is 10.1. The molecule has 0 radical (unpaired) electrons. The van der Waals surface area contributed by atoms with E-state index in [2.05, 4.69) is 76.6 Å². The number of rotatable bonds is 4. The molecule has 0 bridgehead atoms. The summed E-state index contributed by atoms with van der Waals surface area (Å²) in [7, 11) is 0. The lowest BCUT2D eigenvalue weighted by atomic mass is 9.61. The van der Waals surface area contributed by atoms with E-state index in [1.54, 1.807) is 5.57 Å². The van der Waals surface area contributed by atoms with Crippen molar-refractivity contribution in [3.05, 3.63) is 57.1 Å². The Kier molecular flexibility index (Phi) is 7.86. The van der Waals surface area contributed by atoms with E-state index >= 15 is 0 Å². The highest BCUT2D eigenvalue weighted by molar-refractivity contribution is 9.28. The number of aliphatic hydroxyl groups excluding tert-OH is 2. The number of hydrogen-bond donors (Lipinski definition) is 2. The van der Waals surface area contributed by atoms with E-state index < -0.39 is 12.2 Å². The first-order chi connectivity index (χ1) is 13.7. The Labute approximate surface area is 192 Å². The Bertz CT molecular complexity index is 744. The molecule has 0 spiro atoms. The third kappa shape index (κ3) is 5.26. The van der Waals surface area contributed by atoms with Gasteiger partial charge in [0.1, 0.15) is 0 Å². The van der Waals surface area contributed by atoms with Crippen LogP contribution in [0.1, 0.15) is 58.8 Å². The SMILES string of the molecule is C=C1/C(=C\C=C2/CCC[C@]3(C)[C@@H]([C@@H](C)/C=C/C=C(Br)Br)CC[C@@H]23)C[C@@H](O)C[C@@H]1O. The van der Waals surface area contributed by atoms with Crippen molar-refractivity contribution in [2.24, 2.45) is 23.2 Å². The van der Waals surface area contributed by atoms with E-state index in [1.165, 1.54) is 25.7 Å². The summed E-state index contributed by atoms with van der Waals surface area (Å²) < 4.78 is 0.972. The predicted octanol–water partition coefficient (Wildman–Crippen LogP) is 6.95. The van der Waals surface area contributed by atoms with Crippen LogP contribution in [0, 0.1) is 23.2 Å².